The minimum Gasteiger partial charge on any atom is -0.283 e. The second-order valence-corrected chi connectivity index (χ2v) is 5.00. The lowest BCUT2D eigenvalue weighted by atomic mass is 10.3. The van der Waals surface area contributed by atoms with Crippen molar-refractivity contribution in [1.29, 1.82) is 0 Å². The summed E-state index contributed by atoms with van der Waals surface area (Å²) in [4.78, 5) is 7.54. The molecule has 0 atom stereocenters. The average Bonchev–Trinajstić information content (AvgIpc) is 2.12. The number of rotatable bonds is 2. The van der Waals surface area contributed by atoms with Gasteiger partial charge in [0, 0.05) is 5.54 Å². The molecule has 15 heavy (non-hydrogen) atoms. The van der Waals surface area contributed by atoms with Crippen molar-refractivity contribution >= 4 is 24.0 Å². The molecule has 4 aliphatic heterocycles. The maximum atomic E-state index is 5.61. The Kier molecular flexibility index (Phi) is 3.26. The van der Waals surface area contributed by atoms with Gasteiger partial charge in [-0.1, -0.05) is 11.6 Å². The Bertz CT molecular complexity index is 234. The third kappa shape index (κ3) is 2.02. The Morgan fingerprint density at radius 2 is 1.47 bits per heavy atom. The quantitative estimate of drug-likeness (QED) is 0.669. The molecule has 0 aliphatic carbocycles. The third-order valence-corrected chi connectivity index (χ3v) is 3.46. The van der Waals surface area contributed by atoms with Gasteiger partial charge in [-0.05, 0) is 6.08 Å². The highest BCUT2D eigenvalue weighted by molar-refractivity contribution is 6.25. The molecule has 0 saturated carbocycles. The molecule has 4 heterocycles. The normalized spacial score (nSPS) is 47.1. The van der Waals surface area contributed by atoms with Crippen LogP contribution in [0.1, 0.15) is 0 Å². The molecule has 0 radical (unpaired) electrons. The van der Waals surface area contributed by atoms with E-state index < -0.39 is 0 Å². The van der Waals surface area contributed by atoms with Crippen LogP contribution in [-0.4, -0.2) is 65.7 Å². The van der Waals surface area contributed by atoms with Crippen molar-refractivity contribution in [3.05, 3.63) is 11.6 Å². The summed E-state index contributed by atoms with van der Waals surface area (Å²) in [7, 11) is 0. The van der Waals surface area contributed by atoms with E-state index in [0.29, 0.717) is 0 Å². The molecule has 0 aromatic rings. The summed E-state index contributed by atoms with van der Waals surface area (Å²) in [6.07, 6.45) is 2.08. The summed E-state index contributed by atoms with van der Waals surface area (Å²) in [6, 6.07) is 0. The second-order valence-electron chi connectivity index (χ2n) is 4.75. The first-order chi connectivity index (χ1) is 6.80. The molecule has 4 saturated heterocycles. The van der Waals surface area contributed by atoms with Crippen molar-refractivity contribution in [3.63, 3.8) is 0 Å². The summed E-state index contributed by atoms with van der Waals surface area (Å²) >= 11 is 5.61. The predicted molar refractivity (Wildman–Crippen MR) is 62.1 cm³/mol. The molecule has 0 aromatic heterocycles. The second kappa shape index (κ2) is 4.20. The summed E-state index contributed by atoms with van der Waals surface area (Å²) < 4.78 is 1.14. The minimum atomic E-state index is 0. The SMILES string of the molecule is Cl.ClC=CC[N+]12CN3CN(CN(C3)C1)C2. The lowest BCUT2D eigenvalue weighted by Gasteiger charge is -2.60. The van der Waals surface area contributed by atoms with E-state index in [9.17, 15) is 0 Å². The van der Waals surface area contributed by atoms with E-state index in [1.54, 1.807) is 5.54 Å². The van der Waals surface area contributed by atoms with Crippen molar-refractivity contribution in [2.45, 2.75) is 0 Å². The number of halogens is 2. The fourth-order valence-corrected chi connectivity index (χ4v) is 3.17. The zero-order valence-electron chi connectivity index (χ0n) is 8.68. The van der Waals surface area contributed by atoms with Crippen LogP contribution in [0.4, 0.5) is 0 Å². The van der Waals surface area contributed by atoms with E-state index >= 15 is 0 Å². The van der Waals surface area contributed by atoms with Crippen LogP contribution in [-0.2, 0) is 0 Å². The Morgan fingerprint density at radius 1 is 1.00 bits per heavy atom. The molecule has 0 N–H and O–H groups in total. The van der Waals surface area contributed by atoms with Gasteiger partial charge in [0.15, 0.2) is 0 Å². The molecule has 4 aliphatic rings. The number of nitrogens with zero attached hydrogens (tertiary/aromatic N) is 4. The molecule has 86 valence electrons. The Balaban J connectivity index is 0.000000853. The van der Waals surface area contributed by atoms with Crippen LogP contribution in [0, 0.1) is 0 Å². The number of quaternary nitrogens is 1. The van der Waals surface area contributed by atoms with Gasteiger partial charge in [-0.15, -0.1) is 12.4 Å². The van der Waals surface area contributed by atoms with Crippen molar-refractivity contribution in [2.75, 3.05) is 46.6 Å². The fourth-order valence-electron chi connectivity index (χ4n) is 3.09. The number of hydrogen-bond donors (Lipinski definition) is 0. The van der Waals surface area contributed by atoms with Crippen molar-refractivity contribution in [3.8, 4) is 0 Å². The van der Waals surface area contributed by atoms with Crippen LogP contribution in [0.3, 0.4) is 0 Å². The van der Waals surface area contributed by atoms with Crippen LogP contribution in [0.15, 0.2) is 11.6 Å². The summed E-state index contributed by atoms with van der Waals surface area (Å²) in [5.74, 6) is 0. The molecular formula is C9H17Cl2N4+. The Labute approximate surface area is 102 Å². The standard InChI is InChI=1S/C9H16ClN4.ClH/c10-2-1-3-14-7-11-4-12(8-14)6-13(5-11)9-14;/h1-2H,3-9H2;1H/q+1;. The summed E-state index contributed by atoms with van der Waals surface area (Å²) in [5.41, 5.74) is 1.65. The maximum absolute atomic E-state index is 5.61. The highest BCUT2D eigenvalue weighted by Gasteiger charge is 2.47. The summed E-state index contributed by atoms with van der Waals surface area (Å²) in [6.45, 7) is 8.09. The monoisotopic (exact) mass is 251 g/mol. The Hall–Kier alpha value is 0.160. The van der Waals surface area contributed by atoms with Gasteiger partial charge in [-0.2, -0.15) is 0 Å². The average molecular weight is 252 g/mol. The maximum Gasteiger partial charge on any atom is 0.139 e. The first kappa shape index (κ1) is 11.6. The van der Waals surface area contributed by atoms with E-state index in [1.807, 2.05) is 0 Å². The molecule has 0 amide bonds. The van der Waals surface area contributed by atoms with Crippen LogP contribution in [0.25, 0.3) is 0 Å². The molecule has 4 rings (SSSR count). The lowest BCUT2D eigenvalue weighted by Crippen LogP contribution is -2.79. The fraction of sp³-hybridized carbons (Fsp3) is 0.778. The Morgan fingerprint density at radius 3 is 1.87 bits per heavy atom. The van der Waals surface area contributed by atoms with Gasteiger partial charge in [0.05, 0.1) is 20.0 Å². The molecule has 0 aromatic carbocycles. The molecule has 4 fully saturated rings. The molecule has 4 nitrogen and oxygen atoms in total. The molecule has 0 spiro atoms. The molecule has 4 bridgehead atoms. The van der Waals surface area contributed by atoms with Crippen molar-refractivity contribution < 1.29 is 4.48 Å². The first-order valence-electron chi connectivity index (χ1n) is 5.07. The van der Waals surface area contributed by atoms with Gasteiger partial charge >= 0.3 is 0 Å². The van der Waals surface area contributed by atoms with Gasteiger partial charge < -0.3 is 0 Å². The van der Waals surface area contributed by atoms with Crippen LogP contribution in [0.5, 0.6) is 0 Å². The lowest BCUT2D eigenvalue weighted by molar-refractivity contribution is -0.975. The van der Waals surface area contributed by atoms with E-state index in [2.05, 4.69) is 20.8 Å². The van der Waals surface area contributed by atoms with Crippen molar-refractivity contribution in [1.82, 2.24) is 14.7 Å². The van der Waals surface area contributed by atoms with Crippen LogP contribution in [0.2, 0.25) is 0 Å². The zero-order chi connectivity index (χ0) is 9.60. The van der Waals surface area contributed by atoms with Crippen LogP contribution < -0.4 is 0 Å². The van der Waals surface area contributed by atoms with Crippen molar-refractivity contribution in [2.24, 2.45) is 0 Å². The highest BCUT2D eigenvalue weighted by atomic mass is 35.5. The molecule has 0 unspecified atom stereocenters. The van der Waals surface area contributed by atoms with E-state index in [4.69, 9.17) is 11.6 Å². The van der Waals surface area contributed by atoms with Gasteiger partial charge in [0.25, 0.3) is 0 Å². The zero-order valence-corrected chi connectivity index (χ0v) is 10.3. The highest BCUT2D eigenvalue weighted by Crippen LogP contribution is 2.28. The van der Waals surface area contributed by atoms with E-state index in [1.165, 1.54) is 20.0 Å². The van der Waals surface area contributed by atoms with Gasteiger partial charge in [-0.3, -0.25) is 4.48 Å². The third-order valence-electron chi connectivity index (χ3n) is 3.28. The smallest absolute Gasteiger partial charge is 0.139 e. The topological polar surface area (TPSA) is 9.72 Å². The largest absolute Gasteiger partial charge is 0.283 e. The predicted octanol–water partition coefficient (Wildman–Crippen LogP) is 0.669. The minimum absolute atomic E-state index is 0. The first-order valence-corrected chi connectivity index (χ1v) is 5.51. The molecule has 6 heteroatoms. The van der Waals surface area contributed by atoms with Gasteiger partial charge in [0.1, 0.15) is 26.6 Å². The number of hydrogen-bond acceptors (Lipinski definition) is 3. The van der Waals surface area contributed by atoms with E-state index in [0.717, 1.165) is 31.0 Å². The van der Waals surface area contributed by atoms with Gasteiger partial charge in [0.2, 0.25) is 0 Å². The van der Waals surface area contributed by atoms with Crippen LogP contribution >= 0.6 is 24.0 Å². The van der Waals surface area contributed by atoms with Gasteiger partial charge in [-0.25, -0.2) is 14.7 Å². The molecular weight excluding hydrogens is 235 g/mol. The summed E-state index contributed by atoms with van der Waals surface area (Å²) in [5, 5.41) is 0. The van der Waals surface area contributed by atoms with E-state index in [-0.39, 0.29) is 12.4 Å².